The Balaban J connectivity index is 1.66. The highest BCUT2D eigenvalue weighted by Gasteiger charge is 2.17. The molecule has 1 aromatic rings. The van der Waals surface area contributed by atoms with Crippen LogP contribution in [0.5, 0.6) is 5.75 Å². The number of nitrogens with one attached hydrogen (secondary N) is 1. The molecule has 2 nitrogen and oxygen atoms in total. The smallest absolute Gasteiger partial charge is 0.122 e. The average Bonchev–Trinajstić information content (AvgIpc) is 2.39. The van der Waals surface area contributed by atoms with Crippen LogP contribution in [-0.2, 0) is 0 Å². The van der Waals surface area contributed by atoms with Crippen LogP contribution in [0.4, 0.5) is 0 Å². The molecule has 1 aliphatic rings. The van der Waals surface area contributed by atoms with E-state index in [9.17, 15) is 0 Å². The SMILES string of the molecule is Cc1cc(Cl)ccc1OCCNC1CCC(C)CC1. The summed E-state index contributed by atoms with van der Waals surface area (Å²) in [5.41, 5.74) is 1.10. The molecular formula is C16H24ClNO. The van der Waals surface area contributed by atoms with Crippen molar-refractivity contribution >= 4 is 11.6 Å². The zero-order valence-electron chi connectivity index (χ0n) is 11.9. The van der Waals surface area contributed by atoms with Gasteiger partial charge in [-0.2, -0.15) is 0 Å². The van der Waals surface area contributed by atoms with Gasteiger partial charge in [-0.1, -0.05) is 18.5 Å². The molecule has 0 atom stereocenters. The van der Waals surface area contributed by atoms with Crippen molar-refractivity contribution in [3.63, 3.8) is 0 Å². The Hall–Kier alpha value is -0.730. The predicted octanol–water partition coefficient (Wildman–Crippen LogP) is 4.20. The van der Waals surface area contributed by atoms with Gasteiger partial charge in [0.1, 0.15) is 12.4 Å². The summed E-state index contributed by atoms with van der Waals surface area (Å²) in [6, 6.07) is 6.44. The quantitative estimate of drug-likeness (QED) is 0.817. The van der Waals surface area contributed by atoms with Crippen LogP contribution in [0.25, 0.3) is 0 Å². The van der Waals surface area contributed by atoms with Crippen LogP contribution in [0.2, 0.25) is 5.02 Å². The van der Waals surface area contributed by atoms with Crippen molar-refractivity contribution in [3.8, 4) is 5.75 Å². The van der Waals surface area contributed by atoms with E-state index in [2.05, 4.69) is 12.2 Å². The average molecular weight is 282 g/mol. The second kappa shape index (κ2) is 7.16. The van der Waals surface area contributed by atoms with Crippen molar-refractivity contribution < 1.29 is 4.74 Å². The first-order valence-corrected chi connectivity index (χ1v) is 7.65. The van der Waals surface area contributed by atoms with E-state index in [4.69, 9.17) is 16.3 Å². The fraction of sp³-hybridized carbons (Fsp3) is 0.625. The molecule has 0 saturated heterocycles. The molecule has 0 aromatic heterocycles. The predicted molar refractivity (Wildman–Crippen MR) is 81.1 cm³/mol. The van der Waals surface area contributed by atoms with Gasteiger partial charge in [0, 0.05) is 17.6 Å². The Morgan fingerprint density at radius 3 is 2.68 bits per heavy atom. The lowest BCUT2D eigenvalue weighted by atomic mass is 9.87. The van der Waals surface area contributed by atoms with Gasteiger partial charge in [-0.05, 0) is 62.3 Å². The standard InChI is InChI=1S/C16H24ClNO/c1-12-3-6-15(7-4-12)18-9-10-19-16-8-5-14(17)11-13(16)2/h5,8,11-12,15,18H,3-4,6-7,9-10H2,1-2H3. The summed E-state index contributed by atoms with van der Waals surface area (Å²) in [5.74, 6) is 1.84. The fourth-order valence-electron chi connectivity index (χ4n) is 2.66. The van der Waals surface area contributed by atoms with Crippen LogP contribution in [0.3, 0.4) is 0 Å². The second-order valence-corrected chi connectivity index (χ2v) is 6.11. The van der Waals surface area contributed by atoms with Gasteiger partial charge in [-0.25, -0.2) is 0 Å². The second-order valence-electron chi connectivity index (χ2n) is 5.67. The number of aryl methyl sites for hydroxylation is 1. The monoisotopic (exact) mass is 281 g/mol. The number of ether oxygens (including phenoxy) is 1. The first-order valence-electron chi connectivity index (χ1n) is 7.27. The molecule has 19 heavy (non-hydrogen) atoms. The van der Waals surface area contributed by atoms with Crippen molar-refractivity contribution in [1.82, 2.24) is 5.32 Å². The molecule has 0 radical (unpaired) electrons. The molecule has 0 aliphatic heterocycles. The van der Waals surface area contributed by atoms with Crippen molar-refractivity contribution in [2.24, 2.45) is 5.92 Å². The van der Waals surface area contributed by atoms with Gasteiger partial charge < -0.3 is 10.1 Å². The number of rotatable bonds is 5. The van der Waals surface area contributed by atoms with Crippen molar-refractivity contribution in [2.45, 2.75) is 45.6 Å². The third kappa shape index (κ3) is 4.70. The Morgan fingerprint density at radius 1 is 1.26 bits per heavy atom. The summed E-state index contributed by atoms with van der Waals surface area (Å²) in [5, 5.41) is 4.36. The lowest BCUT2D eigenvalue weighted by molar-refractivity contribution is 0.269. The molecule has 0 heterocycles. The zero-order valence-corrected chi connectivity index (χ0v) is 12.7. The maximum Gasteiger partial charge on any atom is 0.122 e. The van der Waals surface area contributed by atoms with Gasteiger partial charge in [0.15, 0.2) is 0 Å². The van der Waals surface area contributed by atoms with E-state index < -0.39 is 0 Å². The highest BCUT2D eigenvalue weighted by atomic mass is 35.5. The lowest BCUT2D eigenvalue weighted by Crippen LogP contribution is -2.35. The van der Waals surface area contributed by atoms with E-state index in [-0.39, 0.29) is 0 Å². The van der Waals surface area contributed by atoms with E-state index >= 15 is 0 Å². The Kier molecular flexibility index (Phi) is 5.53. The largest absolute Gasteiger partial charge is 0.492 e. The maximum absolute atomic E-state index is 5.92. The van der Waals surface area contributed by atoms with Gasteiger partial charge in [0.05, 0.1) is 0 Å². The third-order valence-electron chi connectivity index (χ3n) is 3.95. The molecular weight excluding hydrogens is 258 g/mol. The van der Waals surface area contributed by atoms with Crippen LogP contribution < -0.4 is 10.1 Å². The first kappa shape index (κ1) is 14.7. The minimum atomic E-state index is 0.686. The highest BCUT2D eigenvalue weighted by Crippen LogP contribution is 2.23. The third-order valence-corrected chi connectivity index (χ3v) is 4.18. The summed E-state index contributed by atoms with van der Waals surface area (Å²) in [6.45, 7) is 6.01. The number of hydrogen-bond acceptors (Lipinski definition) is 2. The molecule has 106 valence electrons. The molecule has 1 saturated carbocycles. The zero-order chi connectivity index (χ0) is 13.7. The summed E-state index contributed by atoms with van der Waals surface area (Å²) in [4.78, 5) is 0. The molecule has 0 spiro atoms. The van der Waals surface area contributed by atoms with E-state index in [0.717, 1.165) is 28.8 Å². The molecule has 1 fully saturated rings. The van der Waals surface area contributed by atoms with Gasteiger partial charge in [-0.3, -0.25) is 0 Å². The Morgan fingerprint density at radius 2 is 2.00 bits per heavy atom. The van der Waals surface area contributed by atoms with E-state index in [1.807, 2.05) is 25.1 Å². The topological polar surface area (TPSA) is 21.3 Å². The van der Waals surface area contributed by atoms with Gasteiger partial charge in [-0.15, -0.1) is 0 Å². The number of hydrogen-bond donors (Lipinski definition) is 1. The summed E-state index contributed by atoms with van der Waals surface area (Å²) >= 11 is 5.92. The molecule has 1 aliphatic carbocycles. The van der Waals surface area contributed by atoms with Crippen LogP contribution in [0, 0.1) is 12.8 Å². The fourth-order valence-corrected chi connectivity index (χ4v) is 2.89. The Bertz CT molecular complexity index is 400. The normalized spacial score (nSPS) is 23.3. The van der Waals surface area contributed by atoms with Crippen LogP contribution in [0.15, 0.2) is 18.2 Å². The molecule has 0 unspecified atom stereocenters. The van der Waals surface area contributed by atoms with Crippen molar-refractivity contribution in [1.29, 1.82) is 0 Å². The molecule has 1 N–H and O–H groups in total. The van der Waals surface area contributed by atoms with Crippen molar-refractivity contribution in [3.05, 3.63) is 28.8 Å². The highest BCUT2D eigenvalue weighted by molar-refractivity contribution is 6.30. The Labute approximate surface area is 121 Å². The van der Waals surface area contributed by atoms with E-state index in [0.29, 0.717) is 12.6 Å². The van der Waals surface area contributed by atoms with E-state index in [1.165, 1.54) is 25.7 Å². The van der Waals surface area contributed by atoms with Gasteiger partial charge >= 0.3 is 0 Å². The van der Waals surface area contributed by atoms with E-state index in [1.54, 1.807) is 0 Å². The minimum Gasteiger partial charge on any atom is -0.492 e. The molecule has 1 aromatic carbocycles. The molecule has 0 amide bonds. The molecule has 2 rings (SSSR count). The van der Waals surface area contributed by atoms with Crippen molar-refractivity contribution in [2.75, 3.05) is 13.2 Å². The maximum atomic E-state index is 5.92. The number of benzene rings is 1. The lowest BCUT2D eigenvalue weighted by Gasteiger charge is -2.27. The minimum absolute atomic E-state index is 0.686. The molecule has 0 bridgehead atoms. The van der Waals surface area contributed by atoms with Gasteiger partial charge in [0.2, 0.25) is 0 Å². The van der Waals surface area contributed by atoms with Crippen LogP contribution >= 0.6 is 11.6 Å². The summed E-state index contributed by atoms with van der Waals surface area (Å²) in [7, 11) is 0. The summed E-state index contributed by atoms with van der Waals surface area (Å²) < 4.78 is 5.78. The first-order chi connectivity index (χ1) is 9.15. The summed E-state index contributed by atoms with van der Waals surface area (Å²) in [6.07, 6.45) is 5.33. The molecule has 3 heteroatoms. The van der Waals surface area contributed by atoms with Crippen LogP contribution in [0.1, 0.15) is 38.2 Å². The number of halogens is 1. The van der Waals surface area contributed by atoms with Gasteiger partial charge in [0.25, 0.3) is 0 Å². The van der Waals surface area contributed by atoms with Crippen LogP contribution in [-0.4, -0.2) is 19.2 Å².